The average Bonchev–Trinajstić information content (AvgIpc) is 2.44. The van der Waals surface area contributed by atoms with Crippen LogP contribution in [0.1, 0.15) is 33.3 Å². The first-order valence-electron chi connectivity index (χ1n) is 7.71. The van der Waals surface area contributed by atoms with Crippen LogP contribution in [-0.2, 0) is 20.7 Å². The second-order valence-corrected chi connectivity index (χ2v) is 8.06. The van der Waals surface area contributed by atoms with Crippen molar-refractivity contribution in [3.63, 3.8) is 0 Å². The van der Waals surface area contributed by atoms with Crippen LogP contribution in [0.3, 0.4) is 0 Å². The molecule has 0 aromatic heterocycles. The summed E-state index contributed by atoms with van der Waals surface area (Å²) in [7, 11) is -3.76. The second kappa shape index (κ2) is 8.63. The van der Waals surface area contributed by atoms with Gasteiger partial charge < -0.3 is 0 Å². The molecule has 2 rings (SSSR count). The summed E-state index contributed by atoms with van der Waals surface area (Å²) in [5, 5.41) is 1.66. The number of rotatable bonds is 6. The first-order chi connectivity index (χ1) is 10.3. The molecule has 0 aliphatic carbocycles. The quantitative estimate of drug-likeness (QED) is 0.592. The van der Waals surface area contributed by atoms with Crippen LogP contribution < -0.4 is 0 Å². The van der Waals surface area contributed by atoms with Gasteiger partial charge in [0.05, 0.1) is 6.61 Å². The molecule has 0 fully saturated rings. The summed E-state index contributed by atoms with van der Waals surface area (Å²) in [5.74, 6) is 0.540. The van der Waals surface area contributed by atoms with E-state index in [0.717, 1.165) is 16.3 Å². The van der Waals surface area contributed by atoms with Crippen molar-refractivity contribution in [2.24, 2.45) is 11.8 Å². The van der Waals surface area contributed by atoms with Crippen LogP contribution in [0, 0.1) is 11.8 Å². The maximum atomic E-state index is 12.7. The normalized spacial score (nSPS) is 11.9. The number of hydrogen-bond acceptors (Lipinski definition) is 3. The van der Waals surface area contributed by atoms with Gasteiger partial charge in [-0.15, -0.1) is 0 Å². The molecular formula is C18H25NaO3S. The van der Waals surface area contributed by atoms with Crippen LogP contribution in [-0.4, -0.2) is 44.6 Å². The maximum absolute atomic E-state index is 12.7. The van der Waals surface area contributed by atoms with Crippen molar-refractivity contribution in [2.45, 2.75) is 39.0 Å². The predicted molar refractivity (Wildman–Crippen MR) is 97.6 cm³/mol. The van der Waals surface area contributed by atoms with Gasteiger partial charge in [-0.1, -0.05) is 64.1 Å². The Bertz CT molecular complexity index is 752. The molecule has 23 heavy (non-hydrogen) atoms. The second-order valence-electron chi connectivity index (χ2n) is 6.51. The third-order valence-electron chi connectivity index (χ3n) is 3.40. The first kappa shape index (κ1) is 20.7. The zero-order valence-electron chi connectivity index (χ0n) is 13.7. The van der Waals surface area contributed by atoms with Crippen LogP contribution in [0.25, 0.3) is 10.8 Å². The molecule has 0 saturated carbocycles. The fraction of sp³-hybridized carbons (Fsp3) is 0.444. The van der Waals surface area contributed by atoms with Gasteiger partial charge in [-0.05, 0) is 29.2 Å². The van der Waals surface area contributed by atoms with E-state index in [-0.39, 0.29) is 42.1 Å². The Labute approximate surface area is 161 Å². The SMILES string of the molecule is CC(C)COS(=O)(=O)c1c(CC(C)C)ccc2ccccc12.[NaH]. The van der Waals surface area contributed by atoms with Gasteiger partial charge in [0.1, 0.15) is 4.90 Å². The summed E-state index contributed by atoms with van der Waals surface area (Å²) in [6.07, 6.45) is 0.713. The van der Waals surface area contributed by atoms with Crippen molar-refractivity contribution >= 4 is 50.4 Å². The third-order valence-corrected chi connectivity index (χ3v) is 4.82. The molecule has 122 valence electrons. The molecule has 0 spiro atoms. The van der Waals surface area contributed by atoms with Gasteiger partial charge in [0.25, 0.3) is 10.1 Å². The monoisotopic (exact) mass is 344 g/mol. The predicted octanol–water partition coefficient (Wildman–Crippen LogP) is 3.75. The van der Waals surface area contributed by atoms with Gasteiger partial charge in [0.15, 0.2) is 0 Å². The van der Waals surface area contributed by atoms with Crippen molar-refractivity contribution < 1.29 is 12.6 Å². The van der Waals surface area contributed by atoms with Crippen LogP contribution in [0.5, 0.6) is 0 Å². The van der Waals surface area contributed by atoms with E-state index in [0.29, 0.717) is 17.2 Å². The summed E-state index contributed by atoms with van der Waals surface area (Å²) in [6, 6.07) is 11.4. The summed E-state index contributed by atoms with van der Waals surface area (Å²) in [6.45, 7) is 8.25. The molecule has 2 aromatic carbocycles. The van der Waals surface area contributed by atoms with Gasteiger partial charge in [-0.2, -0.15) is 8.42 Å². The topological polar surface area (TPSA) is 43.4 Å². The fourth-order valence-corrected chi connectivity index (χ4v) is 3.97. The molecular weight excluding hydrogens is 319 g/mol. The molecule has 3 nitrogen and oxygen atoms in total. The molecule has 0 N–H and O–H groups in total. The summed E-state index contributed by atoms with van der Waals surface area (Å²) in [4.78, 5) is 0.333. The van der Waals surface area contributed by atoms with E-state index in [2.05, 4.69) is 13.8 Å². The van der Waals surface area contributed by atoms with Crippen molar-refractivity contribution in [1.82, 2.24) is 0 Å². The molecule has 0 atom stereocenters. The molecule has 0 aliphatic rings. The van der Waals surface area contributed by atoms with E-state index in [1.54, 1.807) is 0 Å². The van der Waals surface area contributed by atoms with Crippen LogP contribution in [0.4, 0.5) is 0 Å². The molecule has 0 bridgehead atoms. The summed E-state index contributed by atoms with van der Waals surface area (Å²) in [5.41, 5.74) is 0.831. The van der Waals surface area contributed by atoms with Gasteiger partial charge in [-0.3, -0.25) is 4.18 Å². The zero-order valence-corrected chi connectivity index (χ0v) is 14.5. The molecule has 5 heteroatoms. The van der Waals surface area contributed by atoms with E-state index in [1.807, 2.05) is 50.2 Å². The molecule has 0 heterocycles. The minimum atomic E-state index is -3.76. The molecule has 0 radical (unpaired) electrons. The van der Waals surface area contributed by atoms with Gasteiger partial charge >= 0.3 is 29.6 Å². The Morgan fingerprint density at radius 2 is 1.61 bits per heavy atom. The Morgan fingerprint density at radius 3 is 2.22 bits per heavy atom. The van der Waals surface area contributed by atoms with E-state index >= 15 is 0 Å². The third kappa shape index (κ3) is 5.30. The molecule has 0 amide bonds. The van der Waals surface area contributed by atoms with Crippen LogP contribution >= 0.6 is 0 Å². The Hall–Kier alpha value is -0.390. The van der Waals surface area contributed by atoms with Crippen molar-refractivity contribution in [3.8, 4) is 0 Å². The van der Waals surface area contributed by atoms with E-state index in [1.165, 1.54) is 0 Å². The van der Waals surface area contributed by atoms with E-state index in [9.17, 15) is 8.42 Å². The Morgan fingerprint density at radius 1 is 0.957 bits per heavy atom. The number of fused-ring (bicyclic) bond motifs is 1. The van der Waals surface area contributed by atoms with Crippen molar-refractivity contribution in [2.75, 3.05) is 6.61 Å². The minimum absolute atomic E-state index is 0. The van der Waals surface area contributed by atoms with E-state index < -0.39 is 10.1 Å². The molecule has 0 unspecified atom stereocenters. The van der Waals surface area contributed by atoms with Crippen molar-refractivity contribution in [1.29, 1.82) is 0 Å². The van der Waals surface area contributed by atoms with Gasteiger partial charge in [0.2, 0.25) is 0 Å². The zero-order chi connectivity index (χ0) is 16.3. The Balaban J connectivity index is 0.00000264. The average molecular weight is 344 g/mol. The Kier molecular flexibility index (Phi) is 7.75. The number of benzene rings is 2. The summed E-state index contributed by atoms with van der Waals surface area (Å²) < 4.78 is 30.7. The molecule has 2 aromatic rings. The van der Waals surface area contributed by atoms with E-state index in [4.69, 9.17) is 4.18 Å². The van der Waals surface area contributed by atoms with Crippen molar-refractivity contribution in [3.05, 3.63) is 42.0 Å². The summed E-state index contributed by atoms with van der Waals surface area (Å²) >= 11 is 0. The fourth-order valence-electron chi connectivity index (χ4n) is 2.47. The first-order valence-corrected chi connectivity index (χ1v) is 9.12. The molecule has 0 saturated heterocycles. The number of hydrogen-bond donors (Lipinski definition) is 0. The van der Waals surface area contributed by atoms with Gasteiger partial charge in [-0.25, -0.2) is 0 Å². The molecule has 0 aliphatic heterocycles. The van der Waals surface area contributed by atoms with Crippen LogP contribution in [0.15, 0.2) is 41.3 Å². The van der Waals surface area contributed by atoms with Crippen LogP contribution in [0.2, 0.25) is 0 Å². The standard InChI is InChI=1S/C18H24O3S.Na.H/c1-13(2)11-16-10-9-15-7-5-6-8-17(15)18(16)22(19,20)21-12-14(3)4;;/h5-10,13-14H,11-12H2,1-4H3;;. The van der Waals surface area contributed by atoms with Gasteiger partial charge in [0, 0.05) is 5.39 Å².